The van der Waals surface area contributed by atoms with Crippen LogP contribution in [-0.2, 0) is 11.2 Å². The highest BCUT2D eigenvalue weighted by Crippen LogP contribution is 2.33. The predicted octanol–water partition coefficient (Wildman–Crippen LogP) is 5.01. The number of benzene rings is 2. The number of methoxy groups -OCH3 is 2. The van der Waals surface area contributed by atoms with Crippen LogP contribution in [0.15, 0.2) is 52.3 Å². The quantitative estimate of drug-likeness (QED) is 0.538. The Labute approximate surface area is 176 Å². The lowest BCUT2D eigenvalue weighted by molar-refractivity contribution is -0.121. The highest BCUT2D eigenvalue weighted by molar-refractivity contribution is 9.10. The second-order valence-electron chi connectivity index (χ2n) is 6.20. The second kappa shape index (κ2) is 9.21. The first kappa shape index (κ1) is 20.4. The zero-order chi connectivity index (χ0) is 20.1. The van der Waals surface area contributed by atoms with E-state index in [0.29, 0.717) is 11.5 Å². The van der Waals surface area contributed by atoms with Gasteiger partial charge in [0.05, 0.1) is 32.4 Å². The molecule has 0 aliphatic rings. The summed E-state index contributed by atoms with van der Waals surface area (Å²) >= 11 is 5.02. The van der Waals surface area contributed by atoms with Crippen LogP contribution in [0.4, 0.5) is 0 Å². The molecule has 0 aliphatic carbocycles. The van der Waals surface area contributed by atoms with Gasteiger partial charge in [-0.05, 0) is 36.8 Å². The number of nitrogens with one attached hydrogen (secondary N) is 1. The van der Waals surface area contributed by atoms with Gasteiger partial charge in [-0.1, -0.05) is 34.1 Å². The highest BCUT2D eigenvalue weighted by Gasteiger charge is 2.15. The molecule has 0 saturated heterocycles. The fourth-order valence-electron chi connectivity index (χ4n) is 2.85. The summed E-state index contributed by atoms with van der Waals surface area (Å²) < 4.78 is 11.6. The standard InChI is InChI=1S/C21H21BrN2O3S/c1-13(16-6-4-5-7-17(16)22)23-20(25)11-15-12-28-21(24-15)14-8-9-18(26-2)19(10-14)27-3/h4-10,12-13H,11H2,1-3H3,(H,23,25). The number of thiazole rings is 1. The van der Waals surface area contributed by atoms with Crippen LogP contribution in [-0.4, -0.2) is 25.1 Å². The van der Waals surface area contributed by atoms with Gasteiger partial charge >= 0.3 is 0 Å². The number of aromatic nitrogens is 1. The third-order valence-corrected chi connectivity index (χ3v) is 5.94. The molecule has 0 aliphatic heterocycles. The van der Waals surface area contributed by atoms with Gasteiger partial charge in [-0.3, -0.25) is 4.79 Å². The SMILES string of the molecule is COc1ccc(-c2nc(CC(=O)NC(C)c3ccccc3Br)cs2)cc1OC. The zero-order valence-corrected chi connectivity index (χ0v) is 18.3. The van der Waals surface area contributed by atoms with Crippen molar-refractivity contribution in [1.82, 2.24) is 10.3 Å². The summed E-state index contributed by atoms with van der Waals surface area (Å²) in [6.45, 7) is 1.97. The van der Waals surface area contributed by atoms with E-state index in [1.165, 1.54) is 11.3 Å². The van der Waals surface area contributed by atoms with E-state index in [1.807, 2.05) is 54.8 Å². The van der Waals surface area contributed by atoms with Crippen LogP contribution in [0.5, 0.6) is 11.5 Å². The molecule has 1 aromatic heterocycles. The number of rotatable bonds is 7. The molecule has 146 valence electrons. The Bertz CT molecular complexity index is 974. The van der Waals surface area contributed by atoms with Crippen LogP contribution >= 0.6 is 27.3 Å². The lowest BCUT2D eigenvalue weighted by Crippen LogP contribution is -2.28. The van der Waals surface area contributed by atoms with Gasteiger partial charge in [-0.2, -0.15) is 0 Å². The molecule has 1 N–H and O–H groups in total. The van der Waals surface area contributed by atoms with Gasteiger partial charge in [-0.15, -0.1) is 11.3 Å². The molecule has 0 spiro atoms. The van der Waals surface area contributed by atoms with Crippen molar-refractivity contribution in [3.63, 3.8) is 0 Å². The van der Waals surface area contributed by atoms with E-state index >= 15 is 0 Å². The molecule has 7 heteroatoms. The van der Waals surface area contributed by atoms with E-state index in [1.54, 1.807) is 14.2 Å². The van der Waals surface area contributed by atoms with Gasteiger partial charge in [0.2, 0.25) is 5.91 Å². The first-order valence-electron chi connectivity index (χ1n) is 8.72. The molecule has 5 nitrogen and oxygen atoms in total. The van der Waals surface area contributed by atoms with Gasteiger partial charge in [-0.25, -0.2) is 4.98 Å². The number of hydrogen-bond donors (Lipinski definition) is 1. The van der Waals surface area contributed by atoms with Gasteiger partial charge in [0.25, 0.3) is 0 Å². The molecular formula is C21H21BrN2O3S. The minimum atomic E-state index is -0.0907. The number of carbonyl (C=O) groups is 1. The fraction of sp³-hybridized carbons (Fsp3) is 0.238. The molecule has 0 radical (unpaired) electrons. The van der Waals surface area contributed by atoms with Crippen molar-refractivity contribution < 1.29 is 14.3 Å². The summed E-state index contributed by atoms with van der Waals surface area (Å²) in [5.74, 6) is 1.26. The number of hydrogen-bond acceptors (Lipinski definition) is 5. The molecule has 3 aromatic rings. The molecule has 2 aromatic carbocycles. The van der Waals surface area contributed by atoms with Crippen LogP contribution in [0.2, 0.25) is 0 Å². The predicted molar refractivity (Wildman–Crippen MR) is 115 cm³/mol. The maximum Gasteiger partial charge on any atom is 0.226 e. The van der Waals surface area contributed by atoms with Crippen LogP contribution in [0.1, 0.15) is 24.2 Å². The summed E-state index contributed by atoms with van der Waals surface area (Å²) in [4.78, 5) is 17.0. The molecule has 0 saturated carbocycles. The normalized spacial score (nSPS) is 11.7. The molecule has 1 atom stereocenters. The van der Waals surface area contributed by atoms with Gasteiger partial charge in [0.1, 0.15) is 5.01 Å². The van der Waals surface area contributed by atoms with Crippen LogP contribution in [0.3, 0.4) is 0 Å². The highest BCUT2D eigenvalue weighted by atomic mass is 79.9. The minimum Gasteiger partial charge on any atom is -0.493 e. The summed E-state index contributed by atoms with van der Waals surface area (Å²) in [6.07, 6.45) is 0.235. The second-order valence-corrected chi connectivity index (χ2v) is 7.91. The van der Waals surface area contributed by atoms with E-state index in [4.69, 9.17) is 9.47 Å². The van der Waals surface area contributed by atoms with Crippen LogP contribution in [0.25, 0.3) is 10.6 Å². The van der Waals surface area contributed by atoms with Crippen molar-refractivity contribution >= 4 is 33.2 Å². The topological polar surface area (TPSA) is 60.5 Å². The van der Waals surface area contributed by atoms with Crippen molar-refractivity contribution in [3.8, 4) is 22.1 Å². The van der Waals surface area contributed by atoms with Gasteiger partial charge < -0.3 is 14.8 Å². The van der Waals surface area contributed by atoms with E-state index < -0.39 is 0 Å². The van der Waals surface area contributed by atoms with E-state index in [0.717, 1.165) is 26.3 Å². The fourth-order valence-corrected chi connectivity index (χ4v) is 4.30. The first-order valence-corrected chi connectivity index (χ1v) is 10.4. The molecule has 1 heterocycles. The summed E-state index contributed by atoms with van der Waals surface area (Å²) in [7, 11) is 3.21. The minimum absolute atomic E-state index is 0.0626. The van der Waals surface area contributed by atoms with Crippen molar-refractivity contribution in [2.45, 2.75) is 19.4 Å². The number of nitrogens with zero attached hydrogens (tertiary/aromatic N) is 1. The maximum atomic E-state index is 12.4. The van der Waals surface area contributed by atoms with Crippen molar-refractivity contribution in [2.75, 3.05) is 14.2 Å². The lowest BCUT2D eigenvalue weighted by Gasteiger charge is -2.15. The molecule has 1 unspecified atom stereocenters. The van der Waals surface area contributed by atoms with Crippen molar-refractivity contribution in [3.05, 3.63) is 63.6 Å². The van der Waals surface area contributed by atoms with Gasteiger partial charge in [0, 0.05) is 15.4 Å². The number of carbonyl (C=O) groups excluding carboxylic acids is 1. The maximum absolute atomic E-state index is 12.4. The molecule has 0 fully saturated rings. The Kier molecular flexibility index (Phi) is 6.70. The van der Waals surface area contributed by atoms with E-state index in [-0.39, 0.29) is 18.4 Å². The van der Waals surface area contributed by atoms with Crippen molar-refractivity contribution in [2.24, 2.45) is 0 Å². The molecule has 28 heavy (non-hydrogen) atoms. The smallest absolute Gasteiger partial charge is 0.226 e. The average molecular weight is 461 g/mol. The summed E-state index contributed by atoms with van der Waals surface area (Å²) in [5, 5.41) is 5.77. The van der Waals surface area contributed by atoms with Crippen molar-refractivity contribution in [1.29, 1.82) is 0 Å². The molecular weight excluding hydrogens is 440 g/mol. The number of ether oxygens (including phenoxy) is 2. The lowest BCUT2D eigenvalue weighted by atomic mass is 10.1. The monoisotopic (exact) mass is 460 g/mol. The van der Waals surface area contributed by atoms with E-state index in [9.17, 15) is 4.79 Å². The summed E-state index contributed by atoms with van der Waals surface area (Å²) in [6, 6.07) is 13.4. The Morgan fingerprint density at radius 2 is 1.93 bits per heavy atom. The van der Waals surface area contributed by atoms with Crippen LogP contribution < -0.4 is 14.8 Å². The largest absolute Gasteiger partial charge is 0.493 e. The third kappa shape index (κ3) is 4.72. The van der Waals surface area contributed by atoms with Crippen LogP contribution in [0, 0.1) is 0 Å². The number of halogens is 1. The zero-order valence-electron chi connectivity index (χ0n) is 15.9. The Morgan fingerprint density at radius 3 is 2.64 bits per heavy atom. The molecule has 1 amide bonds. The number of amides is 1. The summed E-state index contributed by atoms with van der Waals surface area (Å²) in [5.41, 5.74) is 2.71. The first-order chi connectivity index (χ1) is 13.5. The third-order valence-electron chi connectivity index (χ3n) is 4.27. The Balaban J connectivity index is 1.67. The molecule has 0 bridgehead atoms. The van der Waals surface area contributed by atoms with E-state index in [2.05, 4.69) is 26.2 Å². The Morgan fingerprint density at radius 1 is 1.18 bits per heavy atom. The average Bonchev–Trinajstić information content (AvgIpc) is 3.15. The molecule has 3 rings (SSSR count). The Hall–Kier alpha value is -2.38. The van der Waals surface area contributed by atoms with Gasteiger partial charge in [0.15, 0.2) is 11.5 Å².